The number of aryl methyl sites for hydroxylation is 1. The molecule has 0 aromatic heterocycles. The van der Waals surface area contributed by atoms with Crippen molar-refractivity contribution in [2.75, 3.05) is 25.6 Å². The zero-order chi connectivity index (χ0) is 21.5. The number of esters is 1. The number of hydrogen-bond donors (Lipinski definition) is 1. The predicted molar refractivity (Wildman–Crippen MR) is 112 cm³/mol. The maximum absolute atomic E-state index is 12.4. The van der Waals surface area contributed by atoms with Crippen LogP contribution in [0.5, 0.6) is 11.5 Å². The van der Waals surface area contributed by atoms with Crippen LogP contribution in [0.1, 0.15) is 35.7 Å². The summed E-state index contributed by atoms with van der Waals surface area (Å²) in [5.41, 5.74) is 1.84. The van der Waals surface area contributed by atoms with Gasteiger partial charge in [0.1, 0.15) is 18.1 Å². The second-order valence-corrected chi connectivity index (χ2v) is 7.21. The van der Waals surface area contributed by atoms with Crippen molar-refractivity contribution >= 4 is 17.6 Å². The number of anilines is 1. The molecule has 1 aliphatic heterocycles. The van der Waals surface area contributed by atoms with Crippen LogP contribution in [0.3, 0.4) is 0 Å². The van der Waals surface area contributed by atoms with Crippen LogP contribution < -0.4 is 14.8 Å². The highest BCUT2D eigenvalue weighted by molar-refractivity contribution is 5.98. The highest BCUT2D eigenvalue weighted by atomic mass is 16.5. The third-order valence-corrected chi connectivity index (χ3v) is 4.82. The molecule has 0 bridgehead atoms. The zero-order valence-electron chi connectivity index (χ0n) is 17.5. The summed E-state index contributed by atoms with van der Waals surface area (Å²) in [6, 6.07) is 12.1. The van der Waals surface area contributed by atoms with Gasteiger partial charge in [0.05, 0.1) is 24.5 Å². The molecule has 160 valence electrons. The summed E-state index contributed by atoms with van der Waals surface area (Å²) in [6.45, 7) is 4.70. The second kappa shape index (κ2) is 10.1. The number of rotatable bonds is 8. The molecular weight excluding hydrogens is 386 g/mol. The van der Waals surface area contributed by atoms with Crippen molar-refractivity contribution in [2.45, 2.75) is 38.9 Å². The van der Waals surface area contributed by atoms with E-state index in [1.165, 1.54) is 14.0 Å². The van der Waals surface area contributed by atoms with Gasteiger partial charge in [0, 0.05) is 6.61 Å². The molecule has 0 unspecified atom stereocenters. The van der Waals surface area contributed by atoms with Crippen molar-refractivity contribution in [1.29, 1.82) is 0 Å². The third kappa shape index (κ3) is 5.73. The van der Waals surface area contributed by atoms with E-state index in [4.69, 9.17) is 18.9 Å². The molecule has 7 heteroatoms. The van der Waals surface area contributed by atoms with Gasteiger partial charge in [-0.25, -0.2) is 4.79 Å². The fourth-order valence-corrected chi connectivity index (χ4v) is 3.09. The summed E-state index contributed by atoms with van der Waals surface area (Å²) in [6.07, 6.45) is 1.21. The number of ether oxygens (including phenoxy) is 4. The highest BCUT2D eigenvalue weighted by Gasteiger charge is 2.21. The molecule has 2 aromatic carbocycles. The SMILES string of the molecule is COc1ccc(C)cc1NC(=O)[C@H](C)OC(=O)c1ccc(OC[C@H]2CCCO2)cc1. The maximum atomic E-state index is 12.4. The summed E-state index contributed by atoms with van der Waals surface area (Å²) in [5.74, 6) is 0.161. The number of benzene rings is 2. The van der Waals surface area contributed by atoms with Crippen LogP contribution in [0.2, 0.25) is 0 Å². The van der Waals surface area contributed by atoms with Crippen LogP contribution in [-0.4, -0.2) is 44.4 Å². The lowest BCUT2D eigenvalue weighted by Gasteiger charge is -2.16. The van der Waals surface area contributed by atoms with E-state index >= 15 is 0 Å². The molecule has 1 N–H and O–H groups in total. The van der Waals surface area contributed by atoms with Crippen molar-refractivity contribution in [1.82, 2.24) is 0 Å². The first kappa shape index (κ1) is 21.6. The van der Waals surface area contributed by atoms with Crippen LogP contribution in [0, 0.1) is 6.92 Å². The summed E-state index contributed by atoms with van der Waals surface area (Å²) in [7, 11) is 1.53. The molecule has 30 heavy (non-hydrogen) atoms. The summed E-state index contributed by atoms with van der Waals surface area (Å²) in [5, 5.41) is 2.74. The molecule has 1 aliphatic rings. The minimum Gasteiger partial charge on any atom is -0.495 e. The van der Waals surface area contributed by atoms with Gasteiger partial charge in [-0.1, -0.05) is 6.07 Å². The molecule has 0 spiro atoms. The van der Waals surface area contributed by atoms with Crippen molar-refractivity contribution in [2.24, 2.45) is 0 Å². The van der Waals surface area contributed by atoms with Gasteiger partial charge in [0.2, 0.25) is 0 Å². The Morgan fingerprint density at radius 1 is 1.20 bits per heavy atom. The van der Waals surface area contributed by atoms with E-state index in [2.05, 4.69) is 5.32 Å². The predicted octanol–water partition coefficient (Wildman–Crippen LogP) is 3.75. The normalized spacial score (nSPS) is 16.6. The van der Waals surface area contributed by atoms with Crippen LogP contribution in [0.15, 0.2) is 42.5 Å². The Hall–Kier alpha value is -3.06. The fourth-order valence-electron chi connectivity index (χ4n) is 3.09. The lowest BCUT2D eigenvalue weighted by molar-refractivity contribution is -0.123. The lowest BCUT2D eigenvalue weighted by atomic mass is 10.2. The summed E-state index contributed by atoms with van der Waals surface area (Å²) in [4.78, 5) is 24.8. The van der Waals surface area contributed by atoms with Crippen molar-refractivity contribution in [3.8, 4) is 11.5 Å². The first-order chi connectivity index (χ1) is 14.5. The third-order valence-electron chi connectivity index (χ3n) is 4.82. The molecule has 1 amide bonds. The van der Waals surface area contributed by atoms with E-state index in [1.54, 1.807) is 36.4 Å². The Labute approximate surface area is 176 Å². The first-order valence-electron chi connectivity index (χ1n) is 9.97. The Kier molecular flexibility index (Phi) is 7.30. The van der Waals surface area contributed by atoms with Gasteiger partial charge in [0.25, 0.3) is 5.91 Å². The summed E-state index contributed by atoms with van der Waals surface area (Å²) < 4.78 is 21.8. The Bertz CT molecular complexity index is 874. The molecule has 0 aliphatic carbocycles. The number of carbonyl (C=O) groups excluding carboxylic acids is 2. The molecule has 2 atom stereocenters. The Morgan fingerprint density at radius 2 is 1.97 bits per heavy atom. The van der Waals surface area contributed by atoms with E-state index in [0.717, 1.165) is 25.0 Å². The van der Waals surface area contributed by atoms with Gasteiger partial charge in [-0.3, -0.25) is 4.79 Å². The molecule has 7 nitrogen and oxygen atoms in total. The molecular formula is C23H27NO6. The smallest absolute Gasteiger partial charge is 0.338 e. The van der Waals surface area contributed by atoms with Gasteiger partial charge in [-0.2, -0.15) is 0 Å². The molecule has 0 radical (unpaired) electrons. The maximum Gasteiger partial charge on any atom is 0.338 e. The van der Waals surface area contributed by atoms with E-state index in [0.29, 0.717) is 29.4 Å². The number of carbonyl (C=O) groups is 2. The standard InChI is InChI=1S/C23H27NO6/c1-15-6-11-21(27-3)20(13-15)24-22(25)16(2)30-23(26)17-7-9-18(10-8-17)29-14-19-5-4-12-28-19/h6-11,13,16,19H,4-5,12,14H2,1-3H3,(H,24,25)/t16-,19+/m0/s1. The van der Waals surface area contributed by atoms with Crippen molar-refractivity contribution < 1.29 is 28.5 Å². The largest absolute Gasteiger partial charge is 0.495 e. The van der Waals surface area contributed by atoms with Gasteiger partial charge >= 0.3 is 5.97 Å². The fraction of sp³-hybridized carbons (Fsp3) is 0.391. The highest BCUT2D eigenvalue weighted by Crippen LogP contribution is 2.25. The Balaban J connectivity index is 1.53. The molecule has 1 saturated heterocycles. The number of methoxy groups -OCH3 is 1. The topological polar surface area (TPSA) is 83.1 Å². The van der Waals surface area contributed by atoms with Crippen LogP contribution >= 0.6 is 0 Å². The van der Waals surface area contributed by atoms with Crippen LogP contribution in [0.4, 0.5) is 5.69 Å². The van der Waals surface area contributed by atoms with E-state index < -0.39 is 18.0 Å². The minimum atomic E-state index is -0.974. The molecule has 2 aromatic rings. The Morgan fingerprint density at radius 3 is 2.63 bits per heavy atom. The number of hydrogen-bond acceptors (Lipinski definition) is 6. The van der Waals surface area contributed by atoms with Crippen LogP contribution in [0.25, 0.3) is 0 Å². The van der Waals surface area contributed by atoms with Gasteiger partial charge in [-0.15, -0.1) is 0 Å². The molecule has 0 saturated carbocycles. The zero-order valence-corrected chi connectivity index (χ0v) is 17.5. The number of amides is 1. The average Bonchev–Trinajstić information content (AvgIpc) is 3.26. The second-order valence-electron chi connectivity index (χ2n) is 7.21. The quantitative estimate of drug-likeness (QED) is 0.664. The molecule has 3 rings (SSSR count). The molecule has 1 fully saturated rings. The summed E-state index contributed by atoms with van der Waals surface area (Å²) >= 11 is 0. The van der Waals surface area contributed by atoms with E-state index in [1.807, 2.05) is 13.0 Å². The monoisotopic (exact) mass is 413 g/mol. The van der Waals surface area contributed by atoms with Gasteiger partial charge in [0.15, 0.2) is 6.10 Å². The van der Waals surface area contributed by atoms with E-state index in [9.17, 15) is 9.59 Å². The van der Waals surface area contributed by atoms with Gasteiger partial charge in [-0.05, 0) is 68.7 Å². The van der Waals surface area contributed by atoms with Crippen LogP contribution in [-0.2, 0) is 14.3 Å². The minimum absolute atomic E-state index is 0.126. The average molecular weight is 413 g/mol. The van der Waals surface area contributed by atoms with Gasteiger partial charge < -0.3 is 24.3 Å². The van der Waals surface area contributed by atoms with Crippen molar-refractivity contribution in [3.63, 3.8) is 0 Å². The lowest BCUT2D eigenvalue weighted by Crippen LogP contribution is -2.30. The van der Waals surface area contributed by atoms with E-state index in [-0.39, 0.29) is 6.10 Å². The number of nitrogens with one attached hydrogen (secondary N) is 1. The van der Waals surface area contributed by atoms with Crippen molar-refractivity contribution in [3.05, 3.63) is 53.6 Å². The first-order valence-corrected chi connectivity index (χ1v) is 9.97. The molecule has 1 heterocycles.